The van der Waals surface area contributed by atoms with Crippen LogP contribution in [-0.2, 0) is 9.47 Å². The number of ether oxygens (including phenoxy) is 2. The molecule has 114 valence electrons. The molecule has 1 saturated heterocycles. The molecule has 0 aliphatic carbocycles. The van der Waals surface area contributed by atoms with Crippen molar-refractivity contribution in [1.29, 1.82) is 0 Å². The van der Waals surface area contributed by atoms with Gasteiger partial charge in [-0.3, -0.25) is 0 Å². The monoisotopic (exact) mass is 281 g/mol. The van der Waals surface area contributed by atoms with Gasteiger partial charge in [0.15, 0.2) is 0 Å². The largest absolute Gasteiger partial charge is 0.383 e. The van der Waals surface area contributed by atoms with Crippen molar-refractivity contribution in [2.24, 2.45) is 0 Å². The molecule has 0 bridgehead atoms. The van der Waals surface area contributed by atoms with Gasteiger partial charge in [-0.1, -0.05) is 0 Å². The van der Waals surface area contributed by atoms with E-state index in [4.69, 9.17) is 9.47 Å². The number of methoxy groups -OCH3 is 1. The van der Waals surface area contributed by atoms with E-state index >= 15 is 0 Å². The van der Waals surface area contributed by atoms with Gasteiger partial charge < -0.3 is 19.4 Å². The van der Waals surface area contributed by atoms with Crippen molar-refractivity contribution in [2.75, 3.05) is 25.6 Å². The number of aromatic nitrogens is 2. The number of nitrogens with one attached hydrogen (secondary N) is 1. The van der Waals surface area contributed by atoms with Crippen LogP contribution in [0.5, 0.6) is 0 Å². The maximum Gasteiger partial charge on any atom is 0.203 e. The van der Waals surface area contributed by atoms with Gasteiger partial charge in [0.25, 0.3) is 0 Å². The first-order valence-electron chi connectivity index (χ1n) is 7.36. The third kappa shape index (κ3) is 3.73. The molecule has 2 unspecified atom stereocenters. The van der Waals surface area contributed by atoms with Crippen LogP contribution in [0.4, 0.5) is 5.95 Å². The lowest BCUT2D eigenvalue weighted by molar-refractivity contribution is -0.0688. The average Bonchev–Trinajstić information content (AvgIpc) is 2.69. The molecular weight excluding hydrogens is 254 g/mol. The van der Waals surface area contributed by atoms with E-state index in [1.807, 2.05) is 6.92 Å². The molecule has 1 aromatic heterocycles. The van der Waals surface area contributed by atoms with Crippen LogP contribution in [0.3, 0.4) is 0 Å². The molecule has 1 aliphatic heterocycles. The number of hydrogen-bond donors (Lipinski definition) is 1. The fourth-order valence-electron chi connectivity index (χ4n) is 2.85. The van der Waals surface area contributed by atoms with E-state index < -0.39 is 0 Å². The van der Waals surface area contributed by atoms with Crippen molar-refractivity contribution in [1.82, 2.24) is 9.55 Å². The van der Waals surface area contributed by atoms with E-state index in [0.717, 1.165) is 31.1 Å². The number of hydrogen-bond acceptors (Lipinski definition) is 4. The van der Waals surface area contributed by atoms with Crippen LogP contribution in [0.1, 0.15) is 45.3 Å². The summed E-state index contributed by atoms with van der Waals surface area (Å²) in [5.41, 5.74) is 0.984. The molecule has 0 radical (unpaired) electrons. The Hall–Kier alpha value is -1.07. The maximum atomic E-state index is 5.81. The zero-order valence-corrected chi connectivity index (χ0v) is 13.3. The normalized spacial score (nSPS) is 23.6. The van der Waals surface area contributed by atoms with Crippen molar-refractivity contribution in [2.45, 2.75) is 58.2 Å². The second-order valence-corrected chi connectivity index (χ2v) is 6.37. The topological polar surface area (TPSA) is 48.3 Å². The van der Waals surface area contributed by atoms with Gasteiger partial charge in [0, 0.05) is 32.0 Å². The predicted octanol–water partition coefficient (Wildman–Crippen LogP) is 2.77. The lowest BCUT2D eigenvalue weighted by Crippen LogP contribution is -2.35. The van der Waals surface area contributed by atoms with Gasteiger partial charge in [0.05, 0.1) is 17.9 Å². The van der Waals surface area contributed by atoms with Crippen molar-refractivity contribution >= 4 is 5.95 Å². The number of rotatable bonds is 5. The first kappa shape index (κ1) is 15.3. The van der Waals surface area contributed by atoms with Crippen LogP contribution in [0.25, 0.3) is 0 Å². The van der Waals surface area contributed by atoms with Crippen molar-refractivity contribution in [3.63, 3.8) is 0 Å². The third-order valence-corrected chi connectivity index (χ3v) is 3.71. The number of nitrogens with zero attached hydrogens (tertiary/aromatic N) is 2. The van der Waals surface area contributed by atoms with Crippen molar-refractivity contribution in [3.05, 3.63) is 11.9 Å². The molecule has 20 heavy (non-hydrogen) atoms. The number of anilines is 1. The molecule has 1 N–H and O–H groups in total. The van der Waals surface area contributed by atoms with Gasteiger partial charge in [-0.15, -0.1) is 0 Å². The Bertz CT molecular complexity index is 442. The van der Waals surface area contributed by atoms with Crippen molar-refractivity contribution < 1.29 is 9.47 Å². The summed E-state index contributed by atoms with van der Waals surface area (Å²) in [6, 6.07) is 0.686. The van der Waals surface area contributed by atoms with Crippen LogP contribution in [0, 0.1) is 6.92 Å². The third-order valence-electron chi connectivity index (χ3n) is 3.71. The molecule has 5 heteroatoms. The standard InChI is InChI=1S/C15H27N3O2/c1-11-9-18(13-6-7-20-15(3,4)8-13)14(16-11)17-12(2)10-19-5/h9,12-13H,6-8,10H2,1-5H3,(H,16,17). The van der Waals surface area contributed by atoms with E-state index in [2.05, 4.69) is 41.8 Å². The second kappa shape index (κ2) is 6.14. The smallest absolute Gasteiger partial charge is 0.203 e. The van der Waals surface area contributed by atoms with Gasteiger partial charge in [0.2, 0.25) is 5.95 Å². The minimum absolute atomic E-state index is 0.0590. The van der Waals surface area contributed by atoms with Crippen LogP contribution >= 0.6 is 0 Å². The molecule has 5 nitrogen and oxygen atoms in total. The van der Waals surface area contributed by atoms with E-state index in [0.29, 0.717) is 12.6 Å². The summed E-state index contributed by atoms with van der Waals surface area (Å²) in [6.45, 7) is 9.93. The van der Waals surface area contributed by atoms with Gasteiger partial charge >= 0.3 is 0 Å². The van der Waals surface area contributed by atoms with Gasteiger partial charge in [0.1, 0.15) is 0 Å². The van der Waals surface area contributed by atoms with Crippen molar-refractivity contribution in [3.8, 4) is 0 Å². The summed E-state index contributed by atoms with van der Waals surface area (Å²) in [5, 5.41) is 3.44. The Morgan fingerprint density at radius 3 is 3.00 bits per heavy atom. The quantitative estimate of drug-likeness (QED) is 0.901. The fourth-order valence-corrected chi connectivity index (χ4v) is 2.85. The molecule has 0 amide bonds. The molecule has 0 aromatic carbocycles. The molecule has 0 spiro atoms. The summed E-state index contributed by atoms with van der Waals surface area (Å²) < 4.78 is 13.3. The Morgan fingerprint density at radius 1 is 1.60 bits per heavy atom. The Labute approximate surface area is 121 Å². The van der Waals surface area contributed by atoms with Crippen LogP contribution in [-0.4, -0.2) is 41.5 Å². The summed E-state index contributed by atoms with van der Waals surface area (Å²) in [7, 11) is 1.72. The van der Waals surface area contributed by atoms with E-state index in [-0.39, 0.29) is 11.6 Å². The second-order valence-electron chi connectivity index (χ2n) is 6.37. The highest BCUT2D eigenvalue weighted by Gasteiger charge is 2.31. The lowest BCUT2D eigenvalue weighted by Gasteiger charge is -2.36. The van der Waals surface area contributed by atoms with E-state index in [1.54, 1.807) is 7.11 Å². The minimum atomic E-state index is -0.0590. The maximum absolute atomic E-state index is 5.81. The lowest BCUT2D eigenvalue weighted by atomic mass is 9.94. The molecule has 2 atom stereocenters. The molecule has 2 heterocycles. The zero-order chi connectivity index (χ0) is 14.8. The fraction of sp³-hybridized carbons (Fsp3) is 0.800. The Balaban J connectivity index is 2.14. The summed E-state index contributed by atoms with van der Waals surface area (Å²) in [6.07, 6.45) is 4.18. The van der Waals surface area contributed by atoms with Gasteiger partial charge in [-0.25, -0.2) is 4.98 Å². The summed E-state index contributed by atoms with van der Waals surface area (Å²) in [4.78, 5) is 4.61. The Kier molecular flexibility index (Phi) is 4.70. The number of aryl methyl sites for hydroxylation is 1. The molecule has 2 rings (SSSR count). The van der Waals surface area contributed by atoms with E-state index in [1.165, 1.54) is 0 Å². The van der Waals surface area contributed by atoms with Crippen LogP contribution in [0.2, 0.25) is 0 Å². The first-order valence-corrected chi connectivity index (χ1v) is 7.36. The summed E-state index contributed by atoms with van der Waals surface area (Å²) >= 11 is 0. The molecule has 1 fully saturated rings. The highest BCUT2D eigenvalue weighted by atomic mass is 16.5. The van der Waals surface area contributed by atoms with Gasteiger partial charge in [-0.2, -0.15) is 0 Å². The SMILES string of the molecule is COCC(C)Nc1nc(C)cn1C1CCOC(C)(C)C1. The first-order chi connectivity index (χ1) is 9.41. The van der Waals surface area contributed by atoms with Crippen LogP contribution in [0.15, 0.2) is 6.20 Å². The average molecular weight is 281 g/mol. The highest BCUT2D eigenvalue weighted by Crippen LogP contribution is 2.34. The highest BCUT2D eigenvalue weighted by molar-refractivity contribution is 5.31. The van der Waals surface area contributed by atoms with Gasteiger partial charge in [-0.05, 0) is 40.5 Å². The molecule has 1 aromatic rings. The zero-order valence-electron chi connectivity index (χ0n) is 13.3. The van der Waals surface area contributed by atoms with E-state index in [9.17, 15) is 0 Å². The summed E-state index contributed by atoms with van der Waals surface area (Å²) in [5.74, 6) is 0.940. The Morgan fingerprint density at radius 2 is 2.35 bits per heavy atom. The molecular formula is C15H27N3O2. The molecule has 0 saturated carbocycles. The minimum Gasteiger partial charge on any atom is -0.383 e. The van der Waals surface area contributed by atoms with Crippen LogP contribution < -0.4 is 5.32 Å². The predicted molar refractivity (Wildman–Crippen MR) is 80.2 cm³/mol. The molecule has 1 aliphatic rings. The number of imidazole rings is 1.